The largest absolute Gasteiger partial charge is 0.398 e. The fourth-order valence-corrected chi connectivity index (χ4v) is 4.40. The lowest BCUT2D eigenvalue weighted by Crippen LogP contribution is -1.98. The van der Waals surface area contributed by atoms with E-state index in [9.17, 15) is 9.50 Å². The van der Waals surface area contributed by atoms with Gasteiger partial charge < -0.3 is 10.8 Å². The van der Waals surface area contributed by atoms with Crippen LogP contribution >= 0.6 is 11.3 Å². The van der Waals surface area contributed by atoms with Gasteiger partial charge in [0.1, 0.15) is 10.8 Å². The molecule has 5 nitrogen and oxygen atoms in total. The minimum Gasteiger partial charge on any atom is -0.398 e. The minimum absolute atomic E-state index is 0.0920. The highest BCUT2D eigenvalue weighted by atomic mass is 32.1. The van der Waals surface area contributed by atoms with Crippen LogP contribution in [0, 0.1) is 5.82 Å². The third-order valence-corrected chi connectivity index (χ3v) is 6.06. The Kier molecular flexibility index (Phi) is 4.54. The van der Waals surface area contributed by atoms with Crippen molar-refractivity contribution >= 4 is 27.2 Å². The maximum Gasteiger partial charge on any atom is 0.124 e. The molecule has 0 aliphatic carbocycles. The lowest BCUT2D eigenvalue weighted by molar-refractivity contribution is 0.282. The minimum atomic E-state index is -0.256. The molecule has 0 aliphatic rings. The van der Waals surface area contributed by atoms with Crippen LogP contribution in [-0.4, -0.2) is 19.6 Å². The number of nitrogen functional groups attached to an aromatic ring is 1. The van der Waals surface area contributed by atoms with Crippen LogP contribution in [-0.2, 0) is 6.61 Å². The smallest absolute Gasteiger partial charge is 0.124 e. The number of imidazole rings is 1. The van der Waals surface area contributed by atoms with Crippen LogP contribution in [0.15, 0.2) is 73.2 Å². The Morgan fingerprint density at radius 2 is 1.80 bits per heavy atom. The number of benzene rings is 3. The second-order valence-corrected chi connectivity index (χ2v) is 7.93. The van der Waals surface area contributed by atoms with Crippen LogP contribution in [0.4, 0.5) is 10.1 Å². The summed E-state index contributed by atoms with van der Waals surface area (Å²) in [5.74, 6) is -0.256. The lowest BCUT2D eigenvalue weighted by Gasteiger charge is -2.11. The predicted molar refractivity (Wildman–Crippen MR) is 118 cm³/mol. The zero-order valence-electron chi connectivity index (χ0n) is 15.8. The number of aliphatic hydroxyl groups is 1. The van der Waals surface area contributed by atoms with Gasteiger partial charge in [-0.3, -0.25) is 4.57 Å². The second kappa shape index (κ2) is 7.37. The molecule has 0 amide bonds. The molecule has 0 unspecified atom stereocenters. The maximum atomic E-state index is 13.5. The van der Waals surface area contributed by atoms with E-state index in [0.717, 1.165) is 37.7 Å². The first-order valence-corrected chi connectivity index (χ1v) is 10.1. The van der Waals surface area contributed by atoms with Crippen LogP contribution < -0.4 is 5.73 Å². The summed E-state index contributed by atoms with van der Waals surface area (Å²) in [6.07, 6.45) is 3.53. The van der Waals surface area contributed by atoms with E-state index in [1.165, 1.54) is 23.5 Å². The molecular weight excluding hydrogens is 399 g/mol. The molecule has 148 valence electrons. The fourth-order valence-electron chi connectivity index (χ4n) is 3.40. The summed E-state index contributed by atoms with van der Waals surface area (Å²) in [5.41, 5.74) is 11.8. The first-order chi connectivity index (χ1) is 14.6. The van der Waals surface area contributed by atoms with Gasteiger partial charge >= 0.3 is 0 Å². The van der Waals surface area contributed by atoms with Crippen molar-refractivity contribution in [2.24, 2.45) is 0 Å². The zero-order chi connectivity index (χ0) is 20.7. The quantitative estimate of drug-likeness (QED) is 0.403. The highest BCUT2D eigenvalue weighted by Crippen LogP contribution is 2.32. The van der Waals surface area contributed by atoms with Gasteiger partial charge in [-0.05, 0) is 48.5 Å². The highest BCUT2D eigenvalue weighted by molar-refractivity contribution is 7.21. The van der Waals surface area contributed by atoms with Crippen molar-refractivity contribution in [1.82, 2.24) is 14.5 Å². The number of thiazole rings is 1. The summed E-state index contributed by atoms with van der Waals surface area (Å²) in [7, 11) is 0. The molecule has 7 heteroatoms. The predicted octanol–water partition coefficient (Wildman–Crippen LogP) is 5.03. The third kappa shape index (κ3) is 3.24. The number of halogens is 1. The monoisotopic (exact) mass is 416 g/mol. The molecule has 0 aliphatic heterocycles. The normalized spacial score (nSPS) is 11.3. The second-order valence-electron chi connectivity index (χ2n) is 6.90. The number of nitrogens with two attached hydrogens (primary N) is 1. The number of rotatable bonds is 4. The molecular formula is C23H17FN4OS. The van der Waals surface area contributed by atoms with Gasteiger partial charge in [0, 0.05) is 28.1 Å². The Balaban J connectivity index is 1.49. The Labute approximate surface area is 175 Å². The van der Waals surface area contributed by atoms with Gasteiger partial charge in [0.2, 0.25) is 0 Å². The fraction of sp³-hybridized carbons (Fsp3) is 0.0435. The van der Waals surface area contributed by atoms with E-state index < -0.39 is 0 Å². The number of nitrogens with zero attached hydrogens (tertiary/aromatic N) is 3. The van der Waals surface area contributed by atoms with Crippen molar-refractivity contribution < 1.29 is 9.50 Å². The van der Waals surface area contributed by atoms with Gasteiger partial charge in [-0.15, -0.1) is 11.3 Å². The van der Waals surface area contributed by atoms with Crippen molar-refractivity contribution in [2.45, 2.75) is 6.61 Å². The van der Waals surface area contributed by atoms with E-state index in [1.807, 2.05) is 47.0 Å². The van der Waals surface area contributed by atoms with Gasteiger partial charge in [-0.25, -0.2) is 14.4 Å². The summed E-state index contributed by atoms with van der Waals surface area (Å²) in [6, 6.07) is 18.2. The molecule has 0 saturated heterocycles. The van der Waals surface area contributed by atoms with Crippen LogP contribution in [0.5, 0.6) is 0 Å². The van der Waals surface area contributed by atoms with Crippen LogP contribution in [0.25, 0.3) is 37.7 Å². The third-order valence-electron chi connectivity index (χ3n) is 4.99. The molecule has 0 radical (unpaired) electrons. The standard InChI is InChI=1S/C23H17FN4OS/c24-17-5-8-20-22(10-17)30-23(27-20)14-3-6-18(7-4-14)28-13-26-11-21(28)15-1-2-16(12-29)19(25)9-15/h1-11,13,29H,12,25H2. The van der Waals surface area contributed by atoms with E-state index in [-0.39, 0.29) is 12.4 Å². The molecule has 0 bridgehead atoms. The molecule has 0 spiro atoms. The zero-order valence-corrected chi connectivity index (χ0v) is 16.6. The van der Waals surface area contributed by atoms with Crippen LogP contribution in [0.1, 0.15) is 5.56 Å². The summed E-state index contributed by atoms with van der Waals surface area (Å²) in [6.45, 7) is -0.0920. The molecule has 2 aromatic heterocycles. The number of fused-ring (bicyclic) bond motifs is 1. The van der Waals surface area contributed by atoms with Crippen molar-refractivity contribution in [2.75, 3.05) is 5.73 Å². The average molecular weight is 416 g/mol. The molecule has 3 N–H and O–H groups in total. The van der Waals surface area contributed by atoms with Gasteiger partial charge in [-0.2, -0.15) is 0 Å². The summed E-state index contributed by atoms with van der Waals surface area (Å²) < 4.78 is 16.3. The van der Waals surface area contributed by atoms with Gasteiger partial charge in [0.15, 0.2) is 0 Å². The number of hydrogen-bond donors (Lipinski definition) is 2. The summed E-state index contributed by atoms with van der Waals surface area (Å²) >= 11 is 1.47. The lowest BCUT2D eigenvalue weighted by atomic mass is 10.1. The number of aliphatic hydroxyl groups excluding tert-OH is 1. The Bertz CT molecular complexity index is 1360. The topological polar surface area (TPSA) is 77.0 Å². The number of anilines is 1. The Morgan fingerprint density at radius 3 is 2.57 bits per heavy atom. The highest BCUT2D eigenvalue weighted by Gasteiger charge is 2.11. The first kappa shape index (κ1) is 18.5. The van der Waals surface area contributed by atoms with Crippen molar-refractivity contribution in [3.8, 4) is 27.5 Å². The molecule has 5 aromatic rings. The molecule has 0 fully saturated rings. The molecule has 3 aromatic carbocycles. The number of hydrogen-bond acceptors (Lipinski definition) is 5. The molecule has 0 saturated carbocycles. The Morgan fingerprint density at radius 1 is 1.00 bits per heavy atom. The van der Waals surface area contributed by atoms with E-state index in [1.54, 1.807) is 18.6 Å². The SMILES string of the molecule is Nc1cc(-c2cncn2-c2ccc(-c3nc4ccc(F)cc4s3)cc2)ccc1CO. The van der Waals surface area contributed by atoms with Crippen molar-refractivity contribution in [1.29, 1.82) is 0 Å². The maximum absolute atomic E-state index is 13.5. The van der Waals surface area contributed by atoms with Gasteiger partial charge in [0.25, 0.3) is 0 Å². The van der Waals surface area contributed by atoms with E-state index in [0.29, 0.717) is 11.3 Å². The van der Waals surface area contributed by atoms with Crippen LogP contribution in [0.2, 0.25) is 0 Å². The Hall–Kier alpha value is -3.55. The van der Waals surface area contributed by atoms with E-state index in [2.05, 4.69) is 9.97 Å². The molecule has 0 atom stereocenters. The number of aromatic nitrogens is 3. The molecule has 2 heterocycles. The summed E-state index contributed by atoms with van der Waals surface area (Å²) in [5, 5.41) is 10.2. The average Bonchev–Trinajstić information content (AvgIpc) is 3.41. The van der Waals surface area contributed by atoms with Gasteiger partial charge in [-0.1, -0.05) is 12.1 Å². The molecule has 30 heavy (non-hydrogen) atoms. The van der Waals surface area contributed by atoms with E-state index in [4.69, 9.17) is 5.73 Å². The first-order valence-electron chi connectivity index (χ1n) is 9.31. The summed E-state index contributed by atoms with van der Waals surface area (Å²) in [4.78, 5) is 8.90. The van der Waals surface area contributed by atoms with Crippen molar-refractivity contribution in [3.63, 3.8) is 0 Å². The van der Waals surface area contributed by atoms with E-state index >= 15 is 0 Å². The van der Waals surface area contributed by atoms with Gasteiger partial charge in [0.05, 0.1) is 35.0 Å². The van der Waals surface area contributed by atoms with Crippen molar-refractivity contribution in [3.05, 3.63) is 84.6 Å². The van der Waals surface area contributed by atoms with Crippen LogP contribution in [0.3, 0.4) is 0 Å². The molecule has 5 rings (SSSR count).